The van der Waals surface area contributed by atoms with Gasteiger partial charge in [-0.2, -0.15) is 0 Å². The first-order chi connectivity index (χ1) is 15.5. The van der Waals surface area contributed by atoms with Gasteiger partial charge in [-0.25, -0.2) is 4.79 Å². The number of carboxylic acid groups (broad SMARTS) is 1. The minimum Gasteiger partial charge on any atom is -0.480 e. The third-order valence-corrected chi connectivity index (χ3v) is 4.69. The molecule has 0 saturated carbocycles. The standard InChI is InChI=1S/C24H48N4O6/c1-21(2,3)32-20(31)24(33-22(4,5)6,34-23(7,8)9)18-16-27-13-12-25-10-11-26-14-15-28(18)17-19(29)30/h18,25-27H,10-17H2,1-9H3,(H,29,30). The summed E-state index contributed by atoms with van der Waals surface area (Å²) in [5.74, 6) is -3.56. The van der Waals surface area contributed by atoms with Gasteiger partial charge in [0.2, 0.25) is 0 Å². The highest BCUT2D eigenvalue weighted by Gasteiger charge is 2.57. The van der Waals surface area contributed by atoms with E-state index >= 15 is 0 Å². The number of hydrogen-bond acceptors (Lipinski definition) is 9. The molecular formula is C24H48N4O6. The van der Waals surface area contributed by atoms with Crippen molar-refractivity contribution in [3.05, 3.63) is 0 Å². The van der Waals surface area contributed by atoms with E-state index < -0.39 is 40.6 Å². The fourth-order valence-electron chi connectivity index (χ4n) is 3.72. The monoisotopic (exact) mass is 488 g/mol. The molecule has 0 amide bonds. The van der Waals surface area contributed by atoms with Crippen LogP contribution >= 0.6 is 0 Å². The van der Waals surface area contributed by atoms with Crippen molar-refractivity contribution in [3.63, 3.8) is 0 Å². The van der Waals surface area contributed by atoms with Crippen LogP contribution in [-0.2, 0) is 23.8 Å². The Morgan fingerprint density at radius 2 is 1.26 bits per heavy atom. The van der Waals surface area contributed by atoms with Crippen LogP contribution in [0.1, 0.15) is 62.3 Å². The number of nitrogens with zero attached hydrogens (tertiary/aromatic N) is 1. The predicted octanol–water partition coefficient (Wildman–Crippen LogP) is 1.19. The summed E-state index contributed by atoms with van der Waals surface area (Å²) >= 11 is 0. The zero-order valence-corrected chi connectivity index (χ0v) is 22.7. The molecule has 0 aromatic heterocycles. The molecule has 1 aliphatic rings. The van der Waals surface area contributed by atoms with E-state index in [-0.39, 0.29) is 13.1 Å². The molecule has 1 saturated heterocycles. The number of rotatable bonds is 6. The largest absolute Gasteiger partial charge is 0.480 e. The molecule has 1 fully saturated rings. The van der Waals surface area contributed by atoms with E-state index in [1.807, 2.05) is 41.5 Å². The number of esters is 1. The molecular weight excluding hydrogens is 440 g/mol. The van der Waals surface area contributed by atoms with Gasteiger partial charge in [0.25, 0.3) is 5.79 Å². The smallest absolute Gasteiger partial charge is 0.369 e. The van der Waals surface area contributed by atoms with Gasteiger partial charge in [0.05, 0.1) is 23.8 Å². The van der Waals surface area contributed by atoms with Crippen LogP contribution in [0.2, 0.25) is 0 Å². The van der Waals surface area contributed by atoms with Gasteiger partial charge in [-0.3, -0.25) is 9.69 Å². The predicted molar refractivity (Wildman–Crippen MR) is 132 cm³/mol. The topological polar surface area (TPSA) is 121 Å². The zero-order valence-electron chi connectivity index (χ0n) is 22.7. The third kappa shape index (κ3) is 11.4. The first kappa shape index (κ1) is 30.7. The van der Waals surface area contributed by atoms with E-state index in [0.29, 0.717) is 19.6 Å². The summed E-state index contributed by atoms with van der Waals surface area (Å²) in [6.45, 7) is 20.2. The molecule has 10 heteroatoms. The van der Waals surface area contributed by atoms with Crippen molar-refractivity contribution in [2.24, 2.45) is 0 Å². The lowest BCUT2D eigenvalue weighted by atomic mass is 9.99. The summed E-state index contributed by atoms with van der Waals surface area (Å²) in [6.07, 6.45) is 0. The third-order valence-electron chi connectivity index (χ3n) is 4.69. The Morgan fingerprint density at radius 1 is 0.794 bits per heavy atom. The van der Waals surface area contributed by atoms with Crippen molar-refractivity contribution in [3.8, 4) is 0 Å². The Kier molecular flexibility index (Phi) is 11.4. The van der Waals surface area contributed by atoms with Gasteiger partial charge in [-0.1, -0.05) is 0 Å². The van der Waals surface area contributed by atoms with Gasteiger partial charge in [0.1, 0.15) is 5.60 Å². The van der Waals surface area contributed by atoms with Crippen LogP contribution < -0.4 is 16.0 Å². The first-order valence-corrected chi connectivity index (χ1v) is 12.2. The van der Waals surface area contributed by atoms with E-state index in [4.69, 9.17) is 14.2 Å². The van der Waals surface area contributed by atoms with E-state index in [1.165, 1.54) is 0 Å². The molecule has 0 radical (unpaired) electrons. The number of carbonyl (C=O) groups excluding carboxylic acids is 1. The Hall–Kier alpha value is -1.30. The maximum absolute atomic E-state index is 13.9. The second-order valence-corrected chi connectivity index (χ2v) is 11.7. The molecule has 1 aliphatic heterocycles. The second-order valence-electron chi connectivity index (χ2n) is 11.7. The molecule has 0 aliphatic carbocycles. The van der Waals surface area contributed by atoms with Crippen molar-refractivity contribution in [1.82, 2.24) is 20.9 Å². The molecule has 0 spiro atoms. The maximum Gasteiger partial charge on any atom is 0.369 e. The lowest BCUT2D eigenvalue weighted by Gasteiger charge is -2.49. The number of hydrogen-bond donors (Lipinski definition) is 4. The van der Waals surface area contributed by atoms with Crippen LogP contribution in [0, 0.1) is 0 Å². The molecule has 4 N–H and O–H groups in total. The van der Waals surface area contributed by atoms with E-state index in [9.17, 15) is 14.7 Å². The summed E-state index contributed by atoms with van der Waals surface area (Å²) in [5.41, 5.74) is -2.38. The summed E-state index contributed by atoms with van der Waals surface area (Å²) < 4.78 is 18.8. The molecule has 0 bridgehead atoms. The molecule has 1 unspecified atom stereocenters. The van der Waals surface area contributed by atoms with Crippen LogP contribution in [0.15, 0.2) is 0 Å². The van der Waals surface area contributed by atoms with Crippen LogP contribution in [-0.4, -0.2) is 103 Å². The van der Waals surface area contributed by atoms with Crippen molar-refractivity contribution in [2.75, 3.05) is 52.4 Å². The normalized spacial score (nSPS) is 20.8. The summed E-state index contributed by atoms with van der Waals surface area (Å²) in [5, 5.41) is 19.8. The average Bonchev–Trinajstić information content (AvgIpc) is 2.59. The highest BCUT2D eigenvalue weighted by molar-refractivity contribution is 5.80. The summed E-state index contributed by atoms with van der Waals surface area (Å²) in [7, 11) is 0. The van der Waals surface area contributed by atoms with Crippen molar-refractivity contribution in [1.29, 1.82) is 0 Å². The summed E-state index contributed by atoms with van der Waals surface area (Å²) in [4.78, 5) is 27.6. The van der Waals surface area contributed by atoms with E-state index in [0.717, 1.165) is 19.6 Å². The highest BCUT2D eigenvalue weighted by Crippen LogP contribution is 2.35. The van der Waals surface area contributed by atoms with Crippen molar-refractivity contribution >= 4 is 11.9 Å². The minimum atomic E-state index is -1.89. The molecule has 0 aromatic carbocycles. The van der Waals surface area contributed by atoms with Gasteiger partial charge in [-0.15, -0.1) is 0 Å². The average molecular weight is 489 g/mol. The van der Waals surface area contributed by atoms with Gasteiger partial charge in [-0.05, 0) is 62.3 Å². The summed E-state index contributed by atoms with van der Waals surface area (Å²) in [6, 6.07) is -0.780. The molecule has 0 aromatic rings. The zero-order chi connectivity index (χ0) is 26.2. The maximum atomic E-state index is 13.9. The SMILES string of the molecule is CC(C)(C)OC(=O)C(OC(C)(C)C)(OC(C)(C)C)C1CNCCNCCNCCN1CC(=O)O. The highest BCUT2D eigenvalue weighted by atomic mass is 16.7. The Morgan fingerprint density at radius 3 is 1.71 bits per heavy atom. The van der Waals surface area contributed by atoms with Crippen LogP contribution in [0.5, 0.6) is 0 Å². The lowest BCUT2D eigenvalue weighted by Crippen LogP contribution is -2.69. The molecule has 34 heavy (non-hydrogen) atoms. The number of nitrogens with one attached hydrogen (secondary N) is 3. The number of aliphatic carboxylic acids is 1. The molecule has 1 atom stereocenters. The van der Waals surface area contributed by atoms with Crippen LogP contribution in [0.4, 0.5) is 0 Å². The molecule has 10 nitrogen and oxygen atoms in total. The van der Waals surface area contributed by atoms with E-state index in [1.54, 1.807) is 25.7 Å². The van der Waals surface area contributed by atoms with Crippen molar-refractivity contribution < 1.29 is 28.9 Å². The van der Waals surface area contributed by atoms with Gasteiger partial charge in [0, 0.05) is 45.8 Å². The van der Waals surface area contributed by atoms with Gasteiger partial charge >= 0.3 is 11.9 Å². The minimum absolute atomic E-state index is 0.264. The molecule has 200 valence electrons. The van der Waals surface area contributed by atoms with Crippen LogP contribution in [0.3, 0.4) is 0 Å². The fourth-order valence-corrected chi connectivity index (χ4v) is 3.72. The Labute approximate surface area is 205 Å². The second kappa shape index (κ2) is 12.6. The van der Waals surface area contributed by atoms with Crippen LogP contribution in [0.25, 0.3) is 0 Å². The van der Waals surface area contributed by atoms with Gasteiger partial charge < -0.3 is 35.3 Å². The molecule has 1 rings (SSSR count). The molecule has 1 heterocycles. The van der Waals surface area contributed by atoms with E-state index in [2.05, 4.69) is 16.0 Å². The fraction of sp³-hybridized carbons (Fsp3) is 0.917. The lowest BCUT2D eigenvalue weighted by molar-refractivity contribution is -0.328. The number of carboxylic acids is 1. The number of ether oxygens (including phenoxy) is 3. The Bertz CT molecular complexity index is 635. The quantitative estimate of drug-likeness (QED) is 0.320. The number of carbonyl (C=O) groups is 2. The van der Waals surface area contributed by atoms with Crippen molar-refractivity contribution in [2.45, 2.75) is 90.9 Å². The van der Waals surface area contributed by atoms with Gasteiger partial charge in [0.15, 0.2) is 0 Å². The first-order valence-electron chi connectivity index (χ1n) is 12.2. The Balaban J connectivity index is 3.68.